The SMILES string of the molecule is CC1c2cccn2C(C)CN1C(=O)OC(C)(C)C. The molecule has 0 spiro atoms. The molecular weight excluding hydrogens is 228 g/mol. The van der Waals surface area contributed by atoms with Crippen molar-refractivity contribution in [1.82, 2.24) is 9.47 Å². The average Bonchev–Trinajstić information content (AvgIpc) is 2.70. The third-order valence-electron chi connectivity index (χ3n) is 3.27. The molecule has 4 heteroatoms. The van der Waals surface area contributed by atoms with Crippen molar-refractivity contribution >= 4 is 6.09 Å². The van der Waals surface area contributed by atoms with Gasteiger partial charge in [0.05, 0.1) is 6.04 Å². The first-order chi connectivity index (χ1) is 8.29. The van der Waals surface area contributed by atoms with Crippen LogP contribution in [-0.2, 0) is 4.74 Å². The van der Waals surface area contributed by atoms with E-state index in [9.17, 15) is 4.79 Å². The van der Waals surface area contributed by atoms with Crippen molar-refractivity contribution in [1.29, 1.82) is 0 Å². The number of amides is 1. The topological polar surface area (TPSA) is 34.5 Å². The van der Waals surface area contributed by atoms with Gasteiger partial charge in [0.2, 0.25) is 0 Å². The lowest BCUT2D eigenvalue weighted by molar-refractivity contribution is 0.00958. The van der Waals surface area contributed by atoms with E-state index in [2.05, 4.69) is 23.8 Å². The number of rotatable bonds is 0. The first-order valence-corrected chi connectivity index (χ1v) is 6.46. The molecule has 1 aliphatic heterocycles. The summed E-state index contributed by atoms with van der Waals surface area (Å²) >= 11 is 0. The van der Waals surface area contributed by atoms with Gasteiger partial charge in [-0.25, -0.2) is 4.79 Å². The number of hydrogen-bond donors (Lipinski definition) is 0. The number of hydrogen-bond acceptors (Lipinski definition) is 2. The molecule has 0 radical (unpaired) electrons. The van der Waals surface area contributed by atoms with Gasteiger partial charge in [0.1, 0.15) is 5.60 Å². The van der Waals surface area contributed by atoms with E-state index in [0.29, 0.717) is 12.6 Å². The van der Waals surface area contributed by atoms with E-state index in [1.54, 1.807) is 0 Å². The second kappa shape index (κ2) is 4.34. The molecule has 1 aliphatic rings. The zero-order valence-electron chi connectivity index (χ0n) is 11.8. The monoisotopic (exact) mass is 250 g/mol. The fourth-order valence-electron chi connectivity index (χ4n) is 2.41. The summed E-state index contributed by atoms with van der Waals surface area (Å²) in [6.45, 7) is 10.5. The minimum atomic E-state index is -0.445. The van der Waals surface area contributed by atoms with E-state index in [4.69, 9.17) is 4.74 Å². The Balaban J connectivity index is 2.20. The van der Waals surface area contributed by atoms with Gasteiger partial charge < -0.3 is 9.30 Å². The highest BCUT2D eigenvalue weighted by Crippen LogP contribution is 2.31. The maximum absolute atomic E-state index is 12.2. The quantitative estimate of drug-likeness (QED) is 0.707. The Labute approximate surface area is 109 Å². The zero-order chi connectivity index (χ0) is 13.5. The minimum absolute atomic E-state index is 0.0612. The molecule has 1 amide bonds. The van der Waals surface area contributed by atoms with E-state index >= 15 is 0 Å². The highest BCUT2D eigenvalue weighted by molar-refractivity contribution is 5.69. The summed E-state index contributed by atoms with van der Waals surface area (Å²) in [6, 6.07) is 4.45. The van der Waals surface area contributed by atoms with Crippen molar-refractivity contribution in [2.75, 3.05) is 6.54 Å². The Morgan fingerprint density at radius 1 is 1.39 bits per heavy atom. The summed E-state index contributed by atoms with van der Waals surface area (Å²) in [7, 11) is 0. The van der Waals surface area contributed by atoms with Crippen LogP contribution in [0.4, 0.5) is 4.79 Å². The predicted octanol–water partition coefficient (Wildman–Crippen LogP) is 3.36. The van der Waals surface area contributed by atoms with E-state index < -0.39 is 5.60 Å². The highest BCUT2D eigenvalue weighted by Gasteiger charge is 2.33. The molecular formula is C14H22N2O2. The zero-order valence-corrected chi connectivity index (χ0v) is 11.8. The van der Waals surface area contributed by atoms with Crippen LogP contribution in [0.5, 0.6) is 0 Å². The van der Waals surface area contributed by atoms with Crippen LogP contribution in [-0.4, -0.2) is 27.7 Å². The number of nitrogens with zero attached hydrogens (tertiary/aromatic N) is 2. The summed E-state index contributed by atoms with van der Waals surface area (Å²) < 4.78 is 7.69. The first-order valence-electron chi connectivity index (χ1n) is 6.46. The van der Waals surface area contributed by atoms with Gasteiger partial charge in [0.25, 0.3) is 0 Å². The molecule has 2 heterocycles. The van der Waals surface area contributed by atoms with Crippen LogP contribution in [0.3, 0.4) is 0 Å². The molecule has 4 nitrogen and oxygen atoms in total. The van der Waals surface area contributed by atoms with Gasteiger partial charge in [-0.05, 0) is 46.8 Å². The Morgan fingerprint density at radius 2 is 2.06 bits per heavy atom. The Morgan fingerprint density at radius 3 is 2.67 bits per heavy atom. The molecule has 0 saturated heterocycles. The molecule has 0 saturated carbocycles. The number of carbonyl (C=O) groups excluding carboxylic acids is 1. The molecule has 0 bridgehead atoms. The molecule has 0 aromatic carbocycles. The van der Waals surface area contributed by atoms with E-state index in [0.717, 1.165) is 0 Å². The highest BCUT2D eigenvalue weighted by atomic mass is 16.6. The second-order valence-corrected chi connectivity index (χ2v) is 6.00. The standard InChI is InChI=1S/C14H22N2O2/c1-10-9-16(13(17)18-14(3,4)5)11(2)12-7-6-8-15(10)12/h6-8,10-11H,9H2,1-5H3. The molecule has 0 fully saturated rings. The van der Waals surface area contributed by atoms with Crippen LogP contribution in [0, 0.1) is 0 Å². The lowest BCUT2D eigenvalue weighted by Crippen LogP contribution is -2.44. The van der Waals surface area contributed by atoms with Gasteiger partial charge in [-0.3, -0.25) is 4.90 Å². The Hall–Kier alpha value is -1.45. The lowest BCUT2D eigenvalue weighted by atomic mass is 10.1. The van der Waals surface area contributed by atoms with Gasteiger partial charge in [0, 0.05) is 24.5 Å². The van der Waals surface area contributed by atoms with Gasteiger partial charge in [-0.1, -0.05) is 0 Å². The van der Waals surface area contributed by atoms with Crippen LogP contribution in [0.1, 0.15) is 52.4 Å². The Kier molecular flexibility index (Phi) is 3.13. The Bertz CT molecular complexity index is 445. The maximum Gasteiger partial charge on any atom is 0.410 e. The third-order valence-corrected chi connectivity index (χ3v) is 3.27. The molecule has 2 atom stereocenters. The third kappa shape index (κ3) is 2.37. The molecule has 0 N–H and O–H groups in total. The lowest BCUT2D eigenvalue weighted by Gasteiger charge is -2.39. The molecule has 18 heavy (non-hydrogen) atoms. The summed E-state index contributed by atoms with van der Waals surface area (Å²) in [6.07, 6.45) is 1.84. The minimum Gasteiger partial charge on any atom is -0.444 e. The van der Waals surface area contributed by atoms with Gasteiger partial charge >= 0.3 is 6.09 Å². The molecule has 100 valence electrons. The van der Waals surface area contributed by atoms with Crippen LogP contribution in [0.25, 0.3) is 0 Å². The average molecular weight is 250 g/mol. The molecule has 2 rings (SSSR count). The number of ether oxygens (including phenoxy) is 1. The predicted molar refractivity (Wildman–Crippen MR) is 70.5 cm³/mol. The smallest absolute Gasteiger partial charge is 0.410 e. The normalized spacial score (nSPS) is 23.7. The van der Waals surface area contributed by atoms with Crippen molar-refractivity contribution in [3.05, 3.63) is 24.0 Å². The van der Waals surface area contributed by atoms with E-state index in [-0.39, 0.29) is 12.1 Å². The molecule has 1 aromatic heterocycles. The second-order valence-electron chi connectivity index (χ2n) is 6.00. The van der Waals surface area contributed by atoms with Crippen molar-refractivity contribution in [2.45, 2.75) is 52.3 Å². The van der Waals surface area contributed by atoms with E-state index in [1.807, 2.05) is 38.7 Å². The van der Waals surface area contributed by atoms with Crippen LogP contribution in [0.15, 0.2) is 18.3 Å². The molecule has 0 aliphatic carbocycles. The largest absolute Gasteiger partial charge is 0.444 e. The summed E-state index contributed by atoms with van der Waals surface area (Å²) in [4.78, 5) is 14.0. The van der Waals surface area contributed by atoms with Crippen molar-refractivity contribution in [3.8, 4) is 0 Å². The van der Waals surface area contributed by atoms with E-state index in [1.165, 1.54) is 5.69 Å². The van der Waals surface area contributed by atoms with Crippen LogP contribution in [0.2, 0.25) is 0 Å². The number of aromatic nitrogens is 1. The summed E-state index contributed by atoms with van der Waals surface area (Å²) in [5.74, 6) is 0. The van der Waals surface area contributed by atoms with Crippen molar-refractivity contribution in [3.63, 3.8) is 0 Å². The fourth-order valence-corrected chi connectivity index (χ4v) is 2.41. The number of carbonyl (C=O) groups is 1. The molecule has 1 aromatic rings. The van der Waals surface area contributed by atoms with Gasteiger partial charge in [-0.2, -0.15) is 0 Å². The van der Waals surface area contributed by atoms with Crippen molar-refractivity contribution in [2.24, 2.45) is 0 Å². The fraction of sp³-hybridized carbons (Fsp3) is 0.643. The van der Waals surface area contributed by atoms with Gasteiger partial charge in [0.15, 0.2) is 0 Å². The number of fused-ring (bicyclic) bond motifs is 1. The van der Waals surface area contributed by atoms with Crippen LogP contribution < -0.4 is 0 Å². The molecule has 2 unspecified atom stereocenters. The van der Waals surface area contributed by atoms with Gasteiger partial charge in [-0.15, -0.1) is 0 Å². The maximum atomic E-state index is 12.2. The summed E-state index contributed by atoms with van der Waals surface area (Å²) in [5, 5.41) is 0. The summed E-state index contributed by atoms with van der Waals surface area (Å²) in [5.41, 5.74) is 0.721. The first kappa shape index (κ1) is 13.0. The van der Waals surface area contributed by atoms with Crippen molar-refractivity contribution < 1.29 is 9.53 Å². The van der Waals surface area contributed by atoms with Crippen LogP contribution >= 0.6 is 0 Å².